The predicted molar refractivity (Wildman–Crippen MR) is 96.2 cm³/mol. The lowest BCUT2D eigenvalue weighted by Crippen LogP contribution is -2.33. The van der Waals surface area contributed by atoms with Crippen LogP contribution in [-0.2, 0) is 22.4 Å². The monoisotopic (exact) mass is 359 g/mol. The summed E-state index contributed by atoms with van der Waals surface area (Å²) in [4.78, 5) is 26.3. The van der Waals surface area contributed by atoms with Crippen LogP contribution in [0.4, 0.5) is 0 Å². The Bertz CT molecular complexity index is 783. The summed E-state index contributed by atoms with van der Waals surface area (Å²) < 4.78 is 5.44. The van der Waals surface area contributed by atoms with E-state index in [9.17, 15) is 14.7 Å². The van der Waals surface area contributed by atoms with E-state index < -0.39 is 12.0 Å². The highest BCUT2D eigenvalue weighted by atomic mass is 32.1. The van der Waals surface area contributed by atoms with Gasteiger partial charge in [0.1, 0.15) is 5.75 Å². The average Bonchev–Trinajstić information content (AvgIpc) is 3.20. The average molecular weight is 359 g/mol. The number of fused-ring (bicyclic) bond motifs is 1. The molecule has 1 aromatic heterocycles. The van der Waals surface area contributed by atoms with E-state index in [1.54, 1.807) is 23.5 Å². The molecule has 0 fully saturated rings. The number of carboxylic acid groups (broad SMARTS) is 1. The number of thiophene rings is 1. The zero-order chi connectivity index (χ0) is 17.8. The molecule has 1 atom stereocenters. The Morgan fingerprint density at radius 3 is 2.88 bits per heavy atom. The van der Waals surface area contributed by atoms with Gasteiger partial charge in [0.2, 0.25) is 5.91 Å². The summed E-state index contributed by atoms with van der Waals surface area (Å²) in [6, 6.07) is 8.41. The number of carbonyl (C=O) groups excluding carboxylic acids is 1. The van der Waals surface area contributed by atoms with Crippen LogP contribution in [0.25, 0.3) is 0 Å². The number of hydrogen-bond acceptors (Lipinski definition) is 4. The number of amides is 1. The maximum absolute atomic E-state index is 12.2. The van der Waals surface area contributed by atoms with E-state index in [1.807, 2.05) is 6.07 Å². The molecule has 132 valence electrons. The molecule has 2 N–H and O–H groups in total. The number of hydrogen-bond donors (Lipinski definition) is 2. The van der Waals surface area contributed by atoms with Crippen molar-refractivity contribution in [1.82, 2.24) is 5.32 Å². The van der Waals surface area contributed by atoms with Crippen LogP contribution in [0.2, 0.25) is 0 Å². The van der Waals surface area contributed by atoms with Gasteiger partial charge < -0.3 is 15.2 Å². The van der Waals surface area contributed by atoms with E-state index in [0.717, 1.165) is 24.2 Å². The molecule has 0 saturated carbocycles. The molecule has 0 bridgehead atoms. The summed E-state index contributed by atoms with van der Waals surface area (Å²) in [6.07, 6.45) is 2.62. The number of rotatable bonds is 7. The van der Waals surface area contributed by atoms with Crippen LogP contribution in [0, 0.1) is 6.92 Å². The second-order valence-electron chi connectivity index (χ2n) is 6.17. The second-order valence-corrected chi connectivity index (χ2v) is 7.54. The van der Waals surface area contributed by atoms with Crippen molar-refractivity contribution in [3.8, 4) is 5.75 Å². The summed E-state index contributed by atoms with van der Waals surface area (Å²) in [5.74, 6) is -0.496. The number of aryl methyl sites for hydroxylation is 2. The molecule has 0 saturated heterocycles. The van der Waals surface area contributed by atoms with Gasteiger partial charge in [-0.15, -0.1) is 11.3 Å². The summed E-state index contributed by atoms with van der Waals surface area (Å²) in [6.45, 7) is 2.67. The van der Waals surface area contributed by atoms with Crippen LogP contribution < -0.4 is 10.1 Å². The zero-order valence-corrected chi connectivity index (χ0v) is 14.9. The van der Waals surface area contributed by atoms with Crippen LogP contribution in [-0.4, -0.2) is 23.6 Å². The van der Waals surface area contributed by atoms with E-state index in [0.29, 0.717) is 25.0 Å². The lowest BCUT2D eigenvalue weighted by atomic mass is 10.0. The van der Waals surface area contributed by atoms with Crippen molar-refractivity contribution < 1.29 is 19.4 Å². The number of benzene rings is 1. The molecule has 1 aliphatic rings. The maximum Gasteiger partial charge on any atom is 0.330 e. The molecule has 5 nitrogen and oxygen atoms in total. The Morgan fingerprint density at radius 2 is 2.16 bits per heavy atom. The third-order valence-electron chi connectivity index (χ3n) is 4.22. The van der Waals surface area contributed by atoms with E-state index >= 15 is 0 Å². The Balaban J connectivity index is 1.57. The number of aliphatic carboxylic acids is 1. The molecule has 3 rings (SSSR count). The molecule has 1 amide bonds. The molecule has 1 unspecified atom stereocenters. The predicted octanol–water partition coefficient (Wildman–Crippen LogP) is 3.26. The molecule has 0 aliphatic carbocycles. The number of carboxylic acids is 1. The fourth-order valence-corrected chi connectivity index (χ4v) is 3.88. The topological polar surface area (TPSA) is 75.6 Å². The normalized spacial score (nSPS) is 13.8. The molecule has 0 spiro atoms. The summed E-state index contributed by atoms with van der Waals surface area (Å²) in [7, 11) is 0. The van der Waals surface area contributed by atoms with Gasteiger partial charge in [0, 0.05) is 22.6 Å². The fourth-order valence-electron chi connectivity index (χ4n) is 2.95. The molecular formula is C19H21NO4S. The van der Waals surface area contributed by atoms with E-state index in [-0.39, 0.29) is 5.91 Å². The SMILES string of the molecule is Cc1ccc(CCCC(=O)NC(C(=O)O)c2ccc3c(c2)CCO3)s1. The van der Waals surface area contributed by atoms with Crippen molar-refractivity contribution in [2.24, 2.45) is 0 Å². The maximum atomic E-state index is 12.2. The molecule has 2 aromatic rings. The third kappa shape index (κ3) is 4.39. The van der Waals surface area contributed by atoms with E-state index in [4.69, 9.17) is 4.74 Å². The van der Waals surface area contributed by atoms with E-state index in [1.165, 1.54) is 9.75 Å². The molecular weight excluding hydrogens is 338 g/mol. The summed E-state index contributed by atoms with van der Waals surface area (Å²) in [5.41, 5.74) is 1.57. The van der Waals surface area contributed by atoms with Crippen LogP contribution in [0.5, 0.6) is 5.75 Å². The van der Waals surface area contributed by atoms with Gasteiger partial charge in [-0.2, -0.15) is 0 Å². The van der Waals surface area contributed by atoms with Gasteiger partial charge in [-0.25, -0.2) is 4.79 Å². The molecule has 6 heteroatoms. The van der Waals surface area contributed by atoms with E-state index in [2.05, 4.69) is 24.4 Å². The molecule has 2 heterocycles. The lowest BCUT2D eigenvalue weighted by Gasteiger charge is -2.15. The van der Waals surface area contributed by atoms with Gasteiger partial charge in [0.05, 0.1) is 6.61 Å². The van der Waals surface area contributed by atoms with Gasteiger partial charge in [0.15, 0.2) is 6.04 Å². The first-order valence-electron chi connectivity index (χ1n) is 8.36. The number of ether oxygens (including phenoxy) is 1. The van der Waals surface area contributed by atoms with Crippen LogP contribution >= 0.6 is 11.3 Å². The molecule has 1 aromatic carbocycles. The minimum atomic E-state index is -1.05. The Hall–Kier alpha value is -2.34. The highest BCUT2D eigenvalue weighted by molar-refractivity contribution is 7.11. The van der Waals surface area contributed by atoms with Gasteiger partial charge in [0.25, 0.3) is 0 Å². The van der Waals surface area contributed by atoms with Gasteiger partial charge in [-0.1, -0.05) is 6.07 Å². The van der Waals surface area contributed by atoms with Crippen LogP contribution in [0.3, 0.4) is 0 Å². The van der Waals surface area contributed by atoms with Gasteiger partial charge in [-0.05, 0) is 55.2 Å². The summed E-state index contributed by atoms with van der Waals surface area (Å²) >= 11 is 1.73. The van der Waals surface area contributed by atoms with Crippen molar-refractivity contribution in [2.75, 3.05) is 6.61 Å². The van der Waals surface area contributed by atoms with Crippen molar-refractivity contribution in [3.63, 3.8) is 0 Å². The largest absolute Gasteiger partial charge is 0.493 e. The number of nitrogens with one attached hydrogen (secondary N) is 1. The van der Waals surface area contributed by atoms with Crippen LogP contribution in [0.15, 0.2) is 30.3 Å². The molecule has 0 radical (unpaired) electrons. The minimum Gasteiger partial charge on any atom is -0.493 e. The Kier molecular flexibility index (Phi) is 5.38. The smallest absolute Gasteiger partial charge is 0.330 e. The highest BCUT2D eigenvalue weighted by Gasteiger charge is 2.24. The first-order valence-corrected chi connectivity index (χ1v) is 9.17. The first kappa shape index (κ1) is 17.5. The van der Waals surface area contributed by atoms with Crippen molar-refractivity contribution in [1.29, 1.82) is 0 Å². The van der Waals surface area contributed by atoms with Crippen molar-refractivity contribution in [3.05, 3.63) is 51.2 Å². The number of carbonyl (C=O) groups is 2. The van der Waals surface area contributed by atoms with Crippen molar-refractivity contribution >= 4 is 23.2 Å². The minimum absolute atomic E-state index is 0.238. The van der Waals surface area contributed by atoms with Gasteiger partial charge in [-0.3, -0.25) is 4.79 Å². The second kappa shape index (κ2) is 7.70. The molecule has 1 aliphatic heterocycles. The third-order valence-corrected chi connectivity index (χ3v) is 5.28. The lowest BCUT2D eigenvalue weighted by molar-refractivity contribution is -0.142. The Morgan fingerprint density at radius 1 is 1.32 bits per heavy atom. The highest BCUT2D eigenvalue weighted by Crippen LogP contribution is 2.28. The van der Waals surface area contributed by atoms with Crippen LogP contribution in [0.1, 0.15) is 39.8 Å². The van der Waals surface area contributed by atoms with Crippen molar-refractivity contribution in [2.45, 2.75) is 38.6 Å². The standard InChI is InChI=1S/C19H21NO4S/c1-12-5-7-15(25-12)3-2-4-17(21)20-18(19(22)23)14-6-8-16-13(11-14)9-10-24-16/h5-8,11,18H,2-4,9-10H2,1H3,(H,20,21)(H,22,23). The quantitative estimate of drug-likeness (QED) is 0.796. The summed E-state index contributed by atoms with van der Waals surface area (Å²) in [5, 5.41) is 12.1. The zero-order valence-electron chi connectivity index (χ0n) is 14.1. The first-order chi connectivity index (χ1) is 12.0. The fraction of sp³-hybridized carbons (Fsp3) is 0.368. The Labute approximate surface area is 150 Å². The van der Waals surface area contributed by atoms with Gasteiger partial charge >= 0.3 is 5.97 Å². The molecule has 25 heavy (non-hydrogen) atoms.